The smallest absolute Gasteiger partial charge is 0.177 e. The van der Waals surface area contributed by atoms with Gasteiger partial charge in [0.2, 0.25) is 0 Å². The Balaban J connectivity index is 2.18. The molecular weight excluding hydrogens is 276 g/mol. The molecule has 1 aromatic rings. The second-order valence-electron chi connectivity index (χ2n) is 5.71. The lowest BCUT2D eigenvalue weighted by molar-refractivity contribution is 0.142. The van der Waals surface area contributed by atoms with Crippen LogP contribution in [0.2, 0.25) is 0 Å². The number of hydrogen-bond donors (Lipinski definition) is 3. The molecule has 112 valence electrons. The van der Waals surface area contributed by atoms with Crippen molar-refractivity contribution in [1.29, 1.82) is 0 Å². The standard InChI is InChI=1S/C14H22N2O3S/c1-20(18,19)12-6-4-5-11(13(12)15)16-9-14(10-17)7-2-3-8-14/h4-6,16-17H,2-3,7-10,15H2,1H3. The molecule has 0 saturated heterocycles. The Morgan fingerprint density at radius 2 is 2.00 bits per heavy atom. The largest absolute Gasteiger partial charge is 0.396 e. The summed E-state index contributed by atoms with van der Waals surface area (Å²) in [4.78, 5) is 0.145. The summed E-state index contributed by atoms with van der Waals surface area (Å²) in [5.41, 5.74) is 6.70. The summed E-state index contributed by atoms with van der Waals surface area (Å²) in [5.74, 6) is 0. The average molecular weight is 298 g/mol. The molecule has 1 aromatic carbocycles. The number of sulfone groups is 1. The van der Waals surface area contributed by atoms with E-state index in [4.69, 9.17) is 5.73 Å². The second-order valence-corrected chi connectivity index (χ2v) is 7.69. The van der Waals surface area contributed by atoms with Gasteiger partial charge in [0.05, 0.1) is 22.9 Å². The van der Waals surface area contributed by atoms with E-state index in [9.17, 15) is 13.5 Å². The van der Waals surface area contributed by atoms with Gasteiger partial charge in [0.15, 0.2) is 9.84 Å². The first-order valence-corrected chi connectivity index (χ1v) is 8.70. The van der Waals surface area contributed by atoms with E-state index < -0.39 is 9.84 Å². The predicted octanol–water partition coefficient (Wildman–Crippen LogP) is 1.64. The molecule has 0 aromatic heterocycles. The van der Waals surface area contributed by atoms with Crippen molar-refractivity contribution in [3.63, 3.8) is 0 Å². The van der Waals surface area contributed by atoms with E-state index >= 15 is 0 Å². The minimum atomic E-state index is -3.33. The highest BCUT2D eigenvalue weighted by atomic mass is 32.2. The van der Waals surface area contributed by atoms with E-state index in [1.807, 2.05) is 0 Å². The summed E-state index contributed by atoms with van der Waals surface area (Å²) in [6.45, 7) is 0.757. The molecule has 0 spiro atoms. The van der Waals surface area contributed by atoms with E-state index in [0.29, 0.717) is 12.2 Å². The van der Waals surface area contributed by atoms with Crippen molar-refractivity contribution in [3.8, 4) is 0 Å². The van der Waals surface area contributed by atoms with Gasteiger partial charge in [-0.15, -0.1) is 0 Å². The van der Waals surface area contributed by atoms with Crippen molar-refractivity contribution in [2.75, 3.05) is 30.5 Å². The molecule has 2 rings (SSSR count). The summed E-state index contributed by atoms with van der Waals surface area (Å²) in [6, 6.07) is 4.95. The molecule has 1 aliphatic rings. The van der Waals surface area contributed by atoms with Crippen LogP contribution >= 0.6 is 0 Å². The molecule has 20 heavy (non-hydrogen) atoms. The molecule has 6 heteroatoms. The van der Waals surface area contributed by atoms with E-state index in [1.165, 1.54) is 6.07 Å². The van der Waals surface area contributed by atoms with Gasteiger partial charge in [-0.25, -0.2) is 8.42 Å². The third-order valence-electron chi connectivity index (χ3n) is 4.12. The van der Waals surface area contributed by atoms with Crippen molar-refractivity contribution in [2.24, 2.45) is 5.41 Å². The van der Waals surface area contributed by atoms with Crippen molar-refractivity contribution < 1.29 is 13.5 Å². The molecule has 0 atom stereocenters. The van der Waals surface area contributed by atoms with Crippen LogP contribution in [0.5, 0.6) is 0 Å². The number of rotatable bonds is 5. The van der Waals surface area contributed by atoms with Gasteiger partial charge in [0.1, 0.15) is 0 Å². The Labute approximate surface area is 120 Å². The van der Waals surface area contributed by atoms with Crippen LogP contribution in [0, 0.1) is 5.41 Å². The Morgan fingerprint density at radius 1 is 1.35 bits per heavy atom. The molecule has 1 saturated carbocycles. The van der Waals surface area contributed by atoms with Crippen LogP contribution in [0.4, 0.5) is 11.4 Å². The van der Waals surface area contributed by atoms with E-state index in [2.05, 4.69) is 5.32 Å². The van der Waals surface area contributed by atoms with E-state index in [-0.39, 0.29) is 22.6 Å². The Hall–Kier alpha value is -1.27. The second kappa shape index (κ2) is 5.61. The number of nitrogen functional groups attached to an aromatic ring is 1. The first-order valence-electron chi connectivity index (χ1n) is 6.81. The van der Waals surface area contributed by atoms with Gasteiger partial charge in [-0.05, 0) is 25.0 Å². The highest BCUT2D eigenvalue weighted by molar-refractivity contribution is 7.90. The maximum absolute atomic E-state index is 11.6. The maximum Gasteiger partial charge on any atom is 0.177 e. The van der Waals surface area contributed by atoms with Crippen LogP contribution in [-0.2, 0) is 9.84 Å². The van der Waals surface area contributed by atoms with Gasteiger partial charge in [-0.1, -0.05) is 18.9 Å². The minimum absolute atomic E-state index is 0.104. The van der Waals surface area contributed by atoms with Crippen LogP contribution in [0.15, 0.2) is 23.1 Å². The SMILES string of the molecule is CS(=O)(=O)c1cccc(NCC2(CO)CCCC2)c1N. The zero-order valence-electron chi connectivity index (χ0n) is 11.7. The van der Waals surface area contributed by atoms with Gasteiger partial charge in [0, 0.05) is 18.2 Å². The fourth-order valence-electron chi connectivity index (χ4n) is 2.82. The first-order chi connectivity index (χ1) is 9.38. The van der Waals surface area contributed by atoms with Crippen molar-refractivity contribution in [1.82, 2.24) is 0 Å². The van der Waals surface area contributed by atoms with Crippen LogP contribution < -0.4 is 11.1 Å². The van der Waals surface area contributed by atoms with Crippen LogP contribution in [0.25, 0.3) is 0 Å². The first kappa shape index (κ1) is 15.1. The van der Waals surface area contributed by atoms with Crippen LogP contribution in [-0.4, -0.2) is 32.9 Å². The third kappa shape index (κ3) is 3.07. The van der Waals surface area contributed by atoms with Crippen molar-refractivity contribution in [2.45, 2.75) is 30.6 Å². The third-order valence-corrected chi connectivity index (χ3v) is 5.27. The van der Waals surface area contributed by atoms with Crippen molar-refractivity contribution in [3.05, 3.63) is 18.2 Å². The number of nitrogens with two attached hydrogens (primary N) is 1. The van der Waals surface area contributed by atoms with Gasteiger partial charge >= 0.3 is 0 Å². The Morgan fingerprint density at radius 3 is 2.55 bits per heavy atom. The Bertz CT molecular complexity index is 578. The lowest BCUT2D eigenvalue weighted by Gasteiger charge is -2.27. The summed E-state index contributed by atoms with van der Waals surface area (Å²) < 4.78 is 23.3. The number of aliphatic hydroxyl groups excluding tert-OH is 1. The maximum atomic E-state index is 11.6. The Kier molecular flexibility index (Phi) is 4.25. The van der Waals surface area contributed by atoms with E-state index in [0.717, 1.165) is 31.9 Å². The minimum Gasteiger partial charge on any atom is -0.396 e. The molecular formula is C14H22N2O3S. The quantitative estimate of drug-likeness (QED) is 0.719. The number of nitrogens with one attached hydrogen (secondary N) is 1. The summed E-state index contributed by atoms with van der Waals surface area (Å²) in [7, 11) is -3.33. The normalized spacial score (nSPS) is 18.1. The molecule has 0 aliphatic heterocycles. The number of benzene rings is 1. The topological polar surface area (TPSA) is 92.4 Å². The van der Waals surface area contributed by atoms with Crippen LogP contribution in [0.3, 0.4) is 0 Å². The molecule has 0 unspecified atom stereocenters. The fraction of sp³-hybridized carbons (Fsp3) is 0.571. The molecule has 0 radical (unpaired) electrons. The number of aliphatic hydroxyl groups is 1. The van der Waals surface area contributed by atoms with E-state index in [1.54, 1.807) is 12.1 Å². The average Bonchev–Trinajstić information content (AvgIpc) is 2.85. The van der Waals surface area contributed by atoms with Gasteiger partial charge in [-0.3, -0.25) is 0 Å². The van der Waals surface area contributed by atoms with Gasteiger partial charge in [-0.2, -0.15) is 0 Å². The van der Waals surface area contributed by atoms with Gasteiger partial charge < -0.3 is 16.2 Å². The zero-order chi connectivity index (χ0) is 14.8. The molecule has 0 heterocycles. The fourth-order valence-corrected chi connectivity index (χ4v) is 3.66. The van der Waals surface area contributed by atoms with Crippen molar-refractivity contribution >= 4 is 21.2 Å². The lowest BCUT2D eigenvalue weighted by Crippen LogP contribution is -2.30. The summed E-state index contributed by atoms with van der Waals surface area (Å²) in [6.07, 6.45) is 5.38. The summed E-state index contributed by atoms with van der Waals surface area (Å²) >= 11 is 0. The molecule has 0 bridgehead atoms. The monoisotopic (exact) mass is 298 g/mol. The molecule has 1 fully saturated rings. The van der Waals surface area contributed by atoms with Crippen LogP contribution in [0.1, 0.15) is 25.7 Å². The molecule has 1 aliphatic carbocycles. The highest BCUT2D eigenvalue weighted by Gasteiger charge is 2.33. The molecule has 4 N–H and O–H groups in total. The predicted molar refractivity (Wildman–Crippen MR) is 80.4 cm³/mol. The molecule has 0 amide bonds. The highest BCUT2D eigenvalue weighted by Crippen LogP contribution is 2.38. The molecule has 5 nitrogen and oxygen atoms in total. The lowest BCUT2D eigenvalue weighted by atomic mass is 9.87. The summed E-state index contributed by atoms with van der Waals surface area (Å²) in [5, 5.41) is 12.8. The number of para-hydroxylation sites is 1. The number of hydrogen-bond acceptors (Lipinski definition) is 5. The number of anilines is 2. The van der Waals surface area contributed by atoms with Gasteiger partial charge in [0.25, 0.3) is 0 Å². The zero-order valence-corrected chi connectivity index (χ0v) is 12.5.